The zero-order chi connectivity index (χ0) is 21.6. The van der Waals surface area contributed by atoms with E-state index in [2.05, 4.69) is 15.2 Å². The number of aromatic nitrogens is 2. The second kappa shape index (κ2) is 10.2. The molecule has 0 radical (unpaired) electrons. The lowest BCUT2D eigenvalue weighted by molar-refractivity contribution is 0.0362. The van der Waals surface area contributed by atoms with Gasteiger partial charge in [-0.3, -0.25) is 19.5 Å². The molecule has 1 amide bonds. The van der Waals surface area contributed by atoms with Gasteiger partial charge >= 0.3 is 0 Å². The van der Waals surface area contributed by atoms with E-state index in [1.807, 2.05) is 25.1 Å². The Bertz CT molecular complexity index is 940. The molecule has 2 aromatic rings. The molecule has 31 heavy (non-hydrogen) atoms. The molecule has 8 heteroatoms. The number of carbonyl (C=O) groups is 1. The van der Waals surface area contributed by atoms with Crippen molar-refractivity contribution in [1.82, 2.24) is 19.8 Å². The normalized spacial score (nSPS) is 21.8. The van der Waals surface area contributed by atoms with Crippen molar-refractivity contribution in [3.63, 3.8) is 0 Å². The van der Waals surface area contributed by atoms with Crippen LogP contribution in [-0.4, -0.2) is 72.5 Å². The Labute approximate surface area is 182 Å². The molecule has 1 N–H and O–H groups in total. The van der Waals surface area contributed by atoms with Gasteiger partial charge in [-0.2, -0.15) is 0 Å². The van der Waals surface area contributed by atoms with Crippen LogP contribution < -0.4 is 10.9 Å². The second-order valence-corrected chi connectivity index (χ2v) is 8.26. The third-order valence-corrected chi connectivity index (χ3v) is 6.12. The molecule has 2 atom stereocenters. The van der Waals surface area contributed by atoms with Crippen LogP contribution in [0.1, 0.15) is 21.5 Å². The number of ether oxygens (including phenoxy) is 2. The first kappa shape index (κ1) is 21.7. The molecule has 2 saturated heterocycles. The summed E-state index contributed by atoms with van der Waals surface area (Å²) in [4.78, 5) is 32.5. The van der Waals surface area contributed by atoms with Gasteiger partial charge in [0.1, 0.15) is 5.56 Å². The van der Waals surface area contributed by atoms with Crippen LogP contribution in [0.3, 0.4) is 0 Å². The van der Waals surface area contributed by atoms with E-state index >= 15 is 0 Å². The van der Waals surface area contributed by atoms with Crippen LogP contribution in [0.25, 0.3) is 0 Å². The Hall–Kier alpha value is -2.55. The van der Waals surface area contributed by atoms with Crippen LogP contribution >= 0.6 is 0 Å². The predicted octanol–water partition coefficient (Wildman–Crippen LogP) is 0.871. The summed E-state index contributed by atoms with van der Waals surface area (Å²) in [5.41, 5.74) is 1.83. The maximum Gasteiger partial charge on any atom is 0.263 e. The van der Waals surface area contributed by atoms with Crippen LogP contribution in [0.2, 0.25) is 0 Å². The van der Waals surface area contributed by atoms with Crippen molar-refractivity contribution in [1.29, 1.82) is 0 Å². The molecular formula is C23H30N4O4. The van der Waals surface area contributed by atoms with Gasteiger partial charge in [0.25, 0.3) is 11.5 Å². The summed E-state index contributed by atoms with van der Waals surface area (Å²) in [6.07, 6.45) is 6.11. The number of carbonyl (C=O) groups excluding carboxylic acids is 1. The molecule has 0 bridgehead atoms. The summed E-state index contributed by atoms with van der Waals surface area (Å²) in [5.74, 6) is -0.155. The highest BCUT2D eigenvalue weighted by atomic mass is 16.5. The fourth-order valence-corrected chi connectivity index (χ4v) is 4.21. The maximum absolute atomic E-state index is 13.1. The number of rotatable bonds is 7. The number of amides is 1. The summed E-state index contributed by atoms with van der Waals surface area (Å²) in [7, 11) is 0. The van der Waals surface area contributed by atoms with Crippen LogP contribution in [0, 0.1) is 12.8 Å². The smallest absolute Gasteiger partial charge is 0.263 e. The topological polar surface area (TPSA) is 85.7 Å². The van der Waals surface area contributed by atoms with Crippen molar-refractivity contribution in [3.05, 3.63) is 63.8 Å². The third-order valence-electron chi connectivity index (χ3n) is 6.12. The van der Waals surface area contributed by atoms with Crippen molar-refractivity contribution >= 4 is 5.91 Å². The molecule has 8 nitrogen and oxygen atoms in total. The number of nitrogens with one attached hydrogen (secondary N) is 1. The largest absolute Gasteiger partial charge is 0.379 e. The number of pyridine rings is 2. The van der Waals surface area contributed by atoms with E-state index in [4.69, 9.17) is 9.47 Å². The molecule has 2 fully saturated rings. The lowest BCUT2D eigenvalue weighted by Gasteiger charge is -2.26. The van der Waals surface area contributed by atoms with Gasteiger partial charge in [0, 0.05) is 50.7 Å². The Morgan fingerprint density at radius 3 is 2.68 bits per heavy atom. The van der Waals surface area contributed by atoms with Gasteiger partial charge in [-0.1, -0.05) is 0 Å². The van der Waals surface area contributed by atoms with Crippen LogP contribution in [0.15, 0.2) is 41.6 Å². The lowest BCUT2D eigenvalue weighted by Crippen LogP contribution is -2.44. The van der Waals surface area contributed by atoms with Gasteiger partial charge in [0.2, 0.25) is 0 Å². The molecule has 0 unspecified atom stereocenters. The fraction of sp³-hybridized carbons (Fsp3) is 0.522. The highest BCUT2D eigenvalue weighted by Gasteiger charge is 2.31. The Morgan fingerprint density at radius 1 is 1.13 bits per heavy atom. The monoisotopic (exact) mass is 426 g/mol. The standard InChI is InChI=1S/C23H30N4O4/c1-17-4-7-27(9-8-26-10-12-30-13-11-26)23(29)21(17)22(28)25-20-16-31-15-19(20)14-18-2-5-24-6-3-18/h2-7,19-20H,8-16H2,1H3,(H,25,28)/t19-,20+/m1/s1. The molecule has 0 aromatic carbocycles. The van der Waals surface area contributed by atoms with Crippen molar-refractivity contribution in [3.8, 4) is 0 Å². The van der Waals surface area contributed by atoms with Crippen LogP contribution in [0.4, 0.5) is 0 Å². The Balaban J connectivity index is 1.43. The van der Waals surface area contributed by atoms with E-state index in [1.54, 1.807) is 23.2 Å². The number of hydrogen-bond donors (Lipinski definition) is 1. The average molecular weight is 427 g/mol. The van der Waals surface area contributed by atoms with Gasteiger partial charge in [-0.25, -0.2) is 0 Å². The number of aryl methyl sites for hydroxylation is 1. The molecule has 0 saturated carbocycles. The maximum atomic E-state index is 13.1. The molecule has 0 aliphatic carbocycles. The van der Waals surface area contributed by atoms with E-state index in [1.165, 1.54) is 0 Å². The third kappa shape index (κ3) is 5.39. The second-order valence-electron chi connectivity index (χ2n) is 8.26. The van der Waals surface area contributed by atoms with Gasteiger partial charge in [0.05, 0.1) is 32.5 Å². The Morgan fingerprint density at radius 2 is 1.90 bits per heavy atom. The molecule has 4 heterocycles. The summed E-state index contributed by atoms with van der Waals surface area (Å²) in [6.45, 7) is 7.35. The Kier molecular flexibility index (Phi) is 7.11. The van der Waals surface area contributed by atoms with E-state index in [-0.39, 0.29) is 29.0 Å². The average Bonchev–Trinajstić information content (AvgIpc) is 3.21. The first-order chi connectivity index (χ1) is 15.1. The summed E-state index contributed by atoms with van der Waals surface area (Å²) >= 11 is 0. The van der Waals surface area contributed by atoms with E-state index in [0.29, 0.717) is 25.3 Å². The zero-order valence-corrected chi connectivity index (χ0v) is 18.0. The van der Waals surface area contributed by atoms with Crippen LogP contribution in [0.5, 0.6) is 0 Å². The van der Waals surface area contributed by atoms with Crippen molar-refractivity contribution in [2.24, 2.45) is 5.92 Å². The van der Waals surface area contributed by atoms with Crippen molar-refractivity contribution in [2.75, 3.05) is 46.1 Å². The summed E-state index contributed by atoms with van der Waals surface area (Å²) in [6, 6.07) is 5.67. The predicted molar refractivity (Wildman–Crippen MR) is 116 cm³/mol. The van der Waals surface area contributed by atoms with Crippen LogP contribution in [-0.2, 0) is 22.4 Å². The first-order valence-electron chi connectivity index (χ1n) is 10.9. The van der Waals surface area contributed by atoms with Crippen molar-refractivity contribution < 1.29 is 14.3 Å². The zero-order valence-electron chi connectivity index (χ0n) is 18.0. The molecule has 0 spiro atoms. The number of nitrogens with zero attached hydrogens (tertiary/aromatic N) is 3. The molecule has 166 valence electrons. The summed E-state index contributed by atoms with van der Waals surface area (Å²) < 4.78 is 12.6. The molecular weight excluding hydrogens is 396 g/mol. The van der Waals surface area contributed by atoms with E-state index < -0.39 is 0 Å². The highest BCUT2D eigenvalue weighted by Crippen LogP contribution is 2.19. The fourth-order valence-electron chi connectivity index (χ4n) is 4.21. The van der Waals surface area contributed by atoms with Gasteiger partial charge in [-0.05, 0) is 42.7 Å². The van der Waals surface area contributed by atoms with E-state index in [0.717, 1.165) is 44.8 Å². The van der Waals surface area contributed by atoms with Crippen molar-refractivity contribution in [2.45, 2.75) is 25.9 Å². The molecule has 2 aliphatic rings. The SMILES string of the molecule is Cc1ccn(CCN2CCOCC2)c(=O)c1C(=O)N[C@H]1COC[C@H]1Cc1ccncc1. The minimum atomic E-state index is -0.321. The van der Waals surface area contributed by atoms with E-state index in [9.17, 15) is 9.59 Å². The first-order valence-corrected chi connectivity index (χ1v) is 10.9. The molecule has 2 aromatic heterocycles. The number of morpholine rings is 1. The minimum Gasteiger partial charge on any atom is -0.379 e. The molecule has 4 rings (SSSR count). The van der Waals surface area contributed by atoms with Gasteiger partial charge in [-0.15, -0.1) is 0 Å². The minimum absolute atomic E-state index is 0.124. The summed E-state index contributed by atoms with van der Waals surface area (Å²) in [5, 5.41) is 3.06. The highest BCUT2D eigenvalue weighted by molar-refractivity contribution is 5.95. The lowest BCUT2D eigenvalue weighted by atomic mass is 9.95. The molecule has 2 aliphatic heterocycles. The van der Waals surface area contributed by atoms with Gasteiger partial charge < -0.3 is 19.4 Å². The number of hydrogen-bond acceptors (Lipinski definition) is 6. The van der Waals surface area contributed by atoms with Gasteiger partial charge in [0.15, 0.2) is 0 Å². The quantitative estimate of drug-likeness (QED) is 0.707.